The van der Waals surface area contributed by atoms with Gasteiger partial charge in [-0.1, -0.05) is 17.7 Å². The van der Waals surface area contributed by atoms with Gasteiger partial charge >= 0.3 is 12.0 Å². The van der Waals surface area contributed by atoms with Crippen LogP contribution in [0.15, 0.2) is 18.2 Å². The third-order valence-corrected chi connectivity index (χ3v) is 2.46. The summed E-state index contributed by atoms with van der Waals surface area (Å²) in [4.78, 5) is 23.1. The van der Waals surface area contributed by atoms with E-state index >= 15 is 0 Å². The van der Waals surface area contributed by atoms with Crippen LogP contribution >= 0.6 is 0 Å². The molecular weight excluding hydrogens is 220 g/mol. The smallest absolute Gasteiger partial charge is 0.319 e. The standard InChI is InChI=1S/C12H16N2O3/c1-8-3-4-10(9(2)7-8)14(12(13)17)6-5-11(15)16/h3-4,7H,5-6H2,1-2H3,(H2,13,17)(H,15,16). The van der Waals surface area contributed by atoms with Crippen LogP contribution in [0.4, 0.5) is 10.5 Å². The van der Waals surface area contributed by atoms with E-state index in [0.29, 0.717) is 5.69 Å². The number of amides is 2. The number of urea groups is 1. The molecule has 1 aromatic carbocycles. The quantitative estimate of drug-likeness (QED) is 0.833. The lowest BCUT2D eigenvalue weighted by Crippen LogP contribution is -2.37. The van der Waals surface area contributed by atoms with Gasteiger partial charge < -0.3 is 10.8 Å². The molecule has 0 saturated carbocycles. The Labute approximate surface area is 99.8 Å². The number of carboxylic acids is 1. The maximum Gasteiger partial charge on any atom is 0.319 e. The van der Waals surface area contributed by atoms with Gasteiger partial charge in [0, 0.05) is 12.2 Å². The first-order valence-electron chi connectivity index (χ1n) is 5.28. The predicted molar refractivity (Wildman–Crippen MR) is 65.1 cm³/mol. The van der Waals surface area contributed by atoms with Crippen molar-refractivity contribution in [1.82, 2.24) is 0 Å². The van der Waals surface area contributed by atoms with E-state index in [-0.39, 0.29) is 13.0 Å². The summed E-state index contributed by atoms with van der Waals surface area (Å²) < 4.78 is 0. The molecule has 0 saturated heterocycles. The third-order valence-electron chi connectivity index (χ3n) is 2.46. The van der Waals surface area contributed by atoms with Gasteiger partial charge in [-0.2, -0.15) is 0 Å². The van der Waals surface area contributed by atoms with Crippen molar-refractivity contribution in [2.24, 2.45) is 5.73 Å². The molecule has 5 heteroatoms. The number of nitrogens with two attached hydrogens (primary N) is 1. The number of carbonyl (C=O) groups excluding carboxylic acids is 1. The number of primary amides is 1. The summed E-state index contributed by atoms with van der Waals surface area (Å²) in [6, 6.07) is 4.92. The second-order valence-corrected chi connectivity index (χ2v) is 3.92. The molecule has 92 valence electrons. The normalized spacial score (nSPS) is 10.0. The predicted octanol–water partition coefficient (Wildman–Crippen LogP) is 1.66. The van der Waals surface area contributed by atoms with Gasteiger partial charge in [0.25, 0.3) is 0 Å². The minimum atomic E-state index is -0.957. The first-order chi connectivity index (χ1) is 7.91. The number of carboxylic acid groups (broad SMARTS) is 1. The van der Waals surface area contributed by atoms with Crippen molar-refractivity contribution >= 4 is 17.7 Å². The van der Waals surface area contributed by atoms with Crippen molar-refractivity contribution in [3.05, 3.63) is 29.3 Å². The molecule has 0 aliphatic heterocycles. The van der Waals surface area contributed by atoms with Crippen LogP contribution in [0.3, 0.4) is 0 Å². The van der Waals surface area contributed by atoms with E-state index in [0.717, 1.165) is 11.1 Å². The minimum absolute atomic E-state index is 0.0779. The Morgan fingerprint density at radius 1 is 1.35 bits per heavy atom. The molecular formula is C12H16N2O3. The van der Waals surface area contributed by atoms with E-state index < -0.39 is 12.0 Å². The molecule has 1 aromatic rings. The maximum absolute atomic E-state index is 11.3. The number of hydrogen-bond acceptors (Lipinski definition) is 2. The number of rotatable bonds is 4. The van der Waals surface area contributed by atoms with Crippen LogP contribution in [0.1, 0.15) is 17.5 Å². The highest BCUT2D eigenvalue weighted by molar-refractivity contribution is 5.92. The summed E-state index contributed by atoms with van der Waals surface area (Å²) in [6.45, 7) is 3.89. The van der Waals surface area contributed by atoms with E-state index in [2.05, 4.69) is 0 Å². The van der Waals surface area contributed by atoms with E-state index in [1.807, 2.05) is 26.0 Å². The summed E-state index contributed by atoms with van der Waals surface area (Å²) in [5.74, 6) is -0.957. The average molecular weight is 236 g/mol. The summed E-state index contributed by atoms with van der Waals surface area (Å²) in [5, 5.41) is 8.63. The fourth-order valence-electron chi connectivity index (χ4n) is 1.67. The van der Waals surface area contributed by atoms with E-state index in [1.54, 1.807) is 6.07 Å². The van der Waals surface area contributed by atoms with Crippen LogP contribution in [0.25, 0.3) is 0 Å². The van der Waals surface area contributed by atoms with Gasteiger partial charge in [-0.25, -0.2) is 4.79 Å². The Morgan fingerprint density at radius 3 is 2.47 bits per heavy atom. The Hall–Kier alpha value is -2.04. The summed E-state index contributed by atoms with van der Waals surface area (Å²) in [6.07, 6.45) is -0.129. The number of nitrogens with zero attached hydrogens (tertiary/aromatic N) is 1. The van der Waals surface area contributed by atoms with Crippen LogP contribution in [0, 0.1) is 13.8 Å². The van der Waals surface area contributed by atoms with Gasteiger partial charge in [0.15, 0.2) is 0 Å². The molecule has 0 aliphatic rings. The first-order valence-corrected chi connectivity index (χ1v) is 5.28. The van der Waals surface area contributed by atoms with Crippen LogP contribution in [0.5, 0.6) is 0 Å². The molecule has 0 heterocycles. The zero-order chi connectivity index (χ0) is 13.0. The Kier molecular flexibility index (Phi) is 4.09. The molecule has 0 unspecified atom stereocenters. The summed E-state index contributed by atoms with van der Waals surface area (Å²) in [5.41, 5.74) is 7.89. The third kappa shape index (κ3) is 3.48. The lowest BCUT2D eigenvalue weighted by atomic mass is 10.1. The van der Waals surface area contributed by atoms with Crippen molar-refractivity contribution in [3.8, 4) is 0 Å². The molecule has 17 heavy (non-hydrogen) atoms. The fraction of sp³-hybridized carbons (Fsp3) is 0.333. The fourth-order valence-corrected chi connectivity index (χ4v) is 1.67. The first kappa shape index (κ1) is 13.0. The molecule has 3 N–H and O–H groups in total. The highest BCUT2D eigenvalue weighted by atomic mass is 16.4. The number of aliphatic carboxylic acids is 1. The monoisotopic (exact) mass is 236 g/mol. The molecule has 0 aromatic heterocycles. The summed E-state index contributed by atoms with van der Waals surface area (Å²) in [7, 11) is 0. The lowest BCUT2D eigenvalue weighted by molar-refractivity contribution is -0.136. The molecule has 0 atom stereocenters. The molecule has 1 rings (SSSR count). The molecule has 0 radical (unpaired) electrons. The minimum Gasteiger partial charge on any atom is -0.481 e. The topological polar surface area (TPSA) is 83.6 Å². The van der Waals surface area contributed by atoms with Gasteiger partial charge in [-0.15, -0.1) is 0 Å². The molecule has 2 amide bonds. The lowest BCUT2D eigenvalue weighted by Gasteiger charge is -2.21. The van der Waals surface area contributed by atoms with Crippen LogP contribution in [-0.2, 0) is 4.79 Å². The number of aryl methyl sites for hydroxylation is 2. The van der Waals surface area contributed by atoms with Crippen molar-refractivity contribution in [2.45, 2.75) is 20.3 Å². The van der Waals surface area contributed by atoms with Gasteiger partial charge in [0.1, 0.15) is 0 Å². The maximum atomic E-state index is 11.3. The van der Waals surface area contributed by atoms with Crippen molar-refractivity contribution < 1.29 is 14.7 Å². The van der Waals surface area contributed by atoms with Gasteiger partial charge in [0.05, 0.1) is 6.42 Å². The van der Waals surface area contributed by atoms with E-state index in [9.17, 15) is 9.59 Å². The van der Waals surface area contributed by atoms with E-state index in [1.165, 1.54) is 4.90 Å². The molecule has 0 fully saturated rings. The number of anilines is 1. The zero-order valence-electron chi connectivity index (χ0n) is 9.93. The van der Waals surface area contributed by atoms with Gasteiger partial charge in [-0.3, -0.25) is 9.69 Å². The van der Waals surface area contributed by atoms with E-state index in [4.69, 9.17) is 10.8 Å². The van der Waals surface area contributed by atoms with Crippen LogP contribution in [-0.4, -0.2) is 23.7 Å². The number of benzene rings is 1. The second kappa shape index (κ2) is 5.34. The Bertz CT molecular complexity index is 443. The molecule has 0 aliphatic carbocycles. The number of hydrogen-bond donors (Lipinski definition) is 2. The Balaban J connectivity index is 2.97. The SMILES string of the molecule is Cc1ccc(N(CCC(=O)O)C(N)=O)c(C)c1. The largest absolute Gasteiger partial charge is 0.481 e. The van der Waals surface area contributed by atoms with Crippen LogP contribution < -0.4 is 10.6 Å². The second-order valence-electron chi connectivity index (χ2n) is 3.92. The van der Waals surface area contributed by atoms with Gasteiger partial charge in [-0.05, 0) is 25.5 Å². The van der Waals surface area contributed by atoms with Crippen molar-refractivity contribution in [1.29, 1.82) is 0 Å². The summed E-state index contributed by atoms with van der Waals surface area (Å²) >= 11 is 0. The molecule has 0 spiro atoms. The van der Waals surface area contributed by atoms with Crippen molar-refractivity contribution in [3.63, 3.8) is 0 Å². The molecule has 0 bridgehead atoms. The Morgan fingerprint density at radius 2 is 2.00 bits per heavy atom. The highest BCUT2D eigenvalue weighted by Crippen LogP contribution is 2.21. The van der Waals surface area contributed by atoms with Gasteiger partial charge in [0.2, 0.25) is 0 Å². The molecule has 5 nitrogen and oxygen atoms in total. The highest BCUT2D eigenvalue weighted by Gasteiger charge is 2.15. The average Bonchev–Trinajstić information content (AvgIpc) is 2.20. The number of carbonyl (C=O) groups is 2. The van der Waals surface area contributed by atoms with Crippen molar-refractivity contribution in [2.75, 3.05) is 11.4 Å². The zero-order valence-corrected chi connectivity index (χ0v) is 9.93. The van der Waals surface area contributed by atoms with Crippen LogP contribution in [0.2, 0.25) is 0 Å².